The molecular formula is C11H15N3O7. The number of nitrogens with one attached hydrogen (secondary N) is 1. The fraction of sp³-hybridized carbons (Fsp3) is 0.545. The monoisotopic (exact) mass is 301 g/mol. The van der Waals surface area contributed by atoms with Crippen LogP contribution in [0.5, 0.6) is 0 Å². The molecule has 1 aliphatic heterocycles. The van der Waals surface area contributed by atoms with Crippen molar-refractivity contribution in [3.63, 3.8) is 0 Å². The van der Waals surface area contributed by atoms with Crippen molar-refractivity contribution in [2.24, 2.45) is 5.73 Å². The topological polar surface area (TPSA) is 168 Å². The number of aromatic amines is 1. The van der Waals surface area contributed by atoms with E-state index in [4.69, 9.17) is 10.5 Å². The van der Waals surface area contributed by atoms with E-state index < -0.39 is 47.7 Å². The van der Waals surface area contributed by atoms with Crippen molar-refractivity contribution in [3.05, 3.63) is 33.1 Å². The molecule has 1 saturated heterocycles. The first-order valence-corrected chi connectivity index (χ1v) is 6.11. The van der Waals surface area contributed by atoms with Gasteiger partial charge in [0.1, 0.15) is 24.4 Å². The van der Waals surface area contributed by atoms with Crippen LogP contribution in [0.4, 0.5) is 0 Å². The van der Waals surface area contributed by atoms with Crippen molar-refractivity contribution >= 4 is 5.78 Å². The summed E-state index contributed by atoms with van der Waals surface area (Å²) in [6.07, 6.45) is -6.61. The number of hydrogen-bond donors (Lipinski definition) is 5. The molecule has 6 N–H and O–H groups in total. The Morgan fingerprint density at radius 2 is 2.10 bits per heavy atom. The quantitative estimate of drug-likeness (QED) is 0.375. The molecule has 5 atom stereocenters. The number of hydrogen-bond acceptors (Lipinski definition) is 8. The highest BCUT2D eigenvalue weighted by atomic mass is 16.6. The molecule has 1 aromatic rings. The Bertz CT molecular complexity index is 639. The largest absolute Gasteiger partial charge is 0.387 e. The molecule has 0 aromatic carbocycles. The lowest BCUT2D eigenvalue weighted by molar-refractivity contribution is -0.143. The van der Waals surface area contributed by atoms with Gasteiger partial charge in [0.15, 0.2) is 12.0 Å². The molecule has 1 aliphatic rings. The molecule has 0 saturated carbocycles. The summed E-state index contributed by atoms with van der Waals surface area (Å²) in [5, 5.41) is 29.1. The van der Waals surface area contributed by atoms with E-state index in [1.807, 2.05) is 4.98 Å². The molecular weight excluding hydrogens is 286 g/mol. The third kappa shape index (κ3) is 2.80. The van der Waals surface area contributed by atoms with Gasteiger partial charge in [-0.3, -0.25) is 19.1 Å². The first-order valence-electron chi connectivity index (χ1n) is 6.11. The summed E-state index contributed by atoms with van der Waals surface area (Å²) in [6.45, 7) is -0.370. The number of nitrogens with zero attached hydrogens (tertiary/aromatic N) is 1. The van der Waals surface area contributed by atoms with Gasteiger partial charge in [-0.05, 0) is 0 Å². The molecule has 116 valence electrons. The molecule has 0 spiro atoms. The summed E-state index contributed by atoms with van der Waals surface area (Å²) in [6, 6.07) is 1.02. The van der Waals surface area contributed by atoms with Crippen molar-refractivity contribution in [2.45, 2.75) is 30.6 Å². The van der Waals surface area contributed by atoms with E-state index >= 15 is 0 Å². The summed E-state index contributed by atoms with van der Waals surface area (Å²) in [7, 11) is 0. The molecule has 1 fully saturated rings. The molecule has 0 bridgehead atoms. The summed E-state index contributed by atoms with van der Waals surface area (Å²) in [4.78, 5) is 36.3. The Morgan fingerprint density at radius 3 is 2.67 bits per heavy atom. The molecule has 10 nitrogen and oxygen atoms in total. The Morgan fingerprint density at radius 1 is 1.43 bits per heavy atom. The minimum absolute atomic E-state index is 0.370. The second kappa shape index (κ2) is 5.87. The maximum atomic E-state index is 11.8. The van der Waals surface area contributed by atoms with Gasteiger partial charge in [0.25, 0.3) is 5.56 Å². The zero-order valence-electron chi connectivity index (χ0n) is 10.7. The van der Waals surface area contributed by atoms with E-state index in [1.54, 1.807) is 0 Å². The van der Waals surface area contributed by atoms with Crippen LogP contribution in [-0.4, -0.2) is 61.6 Å². The van der Waals surface area contributed by atoms with E-state index in [2.05, 4.69) is 0 Å². The third-order valence-electron chi connectivity index (χ3n) is 3.20. The van der Waals surface area contributed by atoms with Gasteiger partial charge in [0.05, 0.1) is 0 Å². The second-order valence-electron chi connectivity index (χ2n) is 4.60. The molecule has 2 rings (SSSR count). The first-order chi connectivity index (χ1) is 9.86. The lowest BCUT2D eigenvalue weighted by Gasteiger charge is -2.16. The summed E-state index contributed by atoms with van der Waals surface area (Å²) in [5.74, 6) is -0.899. The number of nitrogens with two attached hydrogens (primary N) is 1. The van der Waals surface area contributed by atoms with E-state index in [0.29, 0.717) is 0 Å². The van der Waals surface area contributed by atoms with Crippen molar-refractivity contribution < 1.29 is 24.9 Å². The van der Waals surface area contributed by atoms with Crippen molar-refractivity contribution in [1.29, 1.82) is 0 Å². The second-order valence-corrected chi connectivity index (χ2v) is 4.60. The van der Waals surface area contributed by atoms with Crippen LogP contribution in [0, 0.1) is 0 Å². The van der Waals surface area contributed by atoms with Gasteiger partial charge in [-0.1, -0.05) is 0 Å². The predicted molar refractivity (Wildman–Crippen MR) is 67.3 cm³/mol. The van der Waals surface area contributed by atoms with E-state index in [-0.39, 0.29) is 6.54 Å². The van der Waals surface area contributed by atoms with E-state index in [0.717, 1.165) is 16.8 Å². The number of rotatable bonds is 4. The molecule has 0 amide bonds. The summed E-state index contributed by atoms with van der Waals surface area (Å²) in [5.41, 5.74) is 3.63. The zero-order chi connectivity index (χ0) is 15.7. The SMILES string of the molecule is NCC(O)C(=O)[C@H]1O[C@@H](n2ccc(=O)[nH]c2=O)[C@H](O)[C@@H]1O. The zero-order valence-corrected chi connectivity index (χ0v) is 10.7. The van der Waals surface area contributed by atoms with Crippen LogP contribution >= 0.6 is 0 Å². The van der Waals surface area contributed by atoms with E-state index in [9.17, 15) is 29.7 Å². The number of Topliss-reactive ketones (excluding diaryl/α,β-unsaturated/α-hetero) is 1. The molecule has 1 unspecified atom stereocenters. The number of carbonyl (C=O) groups excluding carboxylic acids is 1. The molecule has 0 aliphatic carbocycles. The standard InChI is InChI=1S/C11H15N3O7/c12-3-4(15)6(17)9-7(18)8(19)10(21-9)14-2-1-5(16)13-11(14)20/h1-2,4,7-10,15,18-19H,3,12H2,(H,13,16,20)/t4?,7-,8+,9+,10+/m0/s1. The number of aliphatic hydroxyl groups excluding tert-OH is 3. The maximum Gasteiger partial charge on any atom is 0.330 e. The number of aliphatic hydroxyl groups is 3. The molecule has 1 aromatic heterocycles. The molecule has 2 heterocycles. The lowest BCUT2D eigenvalue weighted by atomic mass is 10.0. The fourth-order valence-corrected chi connectivity index (χ4v) is 2.06. The Labute approximate surface area is 117 Å². The minimum Gasteiger partial charge on any atom is -0.387 e. The Balaban J connectivity index is 2.30. The number of ketones is 1. The number of ether oxygens (including phenoxy) is 1. The van der Waals surface area contributed by atoms with Gasteiger partial charge in [-0.2, -0.15) is 0 Å². The van der Waals surface area contributed by atoms with Crippen LogP contribution in [0.25, 0.3) is 0 Å². The van der Waals surface area contributed by atoms with Crippen LogP contribution in [0.2, 0.25) is 0 Å². The van der Waals surface area contributed by atoms with Gasteiger partial charge in [-0.15, -0.1) is 0 Å². The molecule has 10 heteroatoms. The average molecular weight is 301 g/mol. The van der Waals surface area contributed by atoms with Crippen LogP contribution in [-0.2, 0) is 9.53 Å². The van der Waals surface area contributed by atoms with Gasteiger partial charge in [0, 0.05) is 18.8 Å². The van der Waals surface area contributed by atoms with Gasteiger partial charge in [-0.25, -0.2) is 4.79 Å². The highest BCUT2D eigenvalue weighted by molar-refractivity contribution is 5.88. The highest BCUT2D eigenvalue weighted by Crippen LogP contribution is 2.29. The lowest BCUT2D eigenvalue weighted by Crippen LogP contribution is -2.43. The van der Waals surface area contributed by atoms with Crippen molar-refractivity contribution in [1.82, 2.24) is 9.55 Å². The smallest absolute Gasteiger partial charge is 0.330 e. The minimum atomic E-state index is -1.64. The van der Waals surface area contributed by atoms with Crippen molar-refractivity contribution in [2.75, 3.05) is 6.54 Å². The number of carbonyl (C=O) groups is 1. The Hall–Kier alpha value is -1.85. The normalized spacial score (nSPS) is 30.3. The highest BCUT2D eigenvalue weighted by Gasteiger charge is 2.48. The average Bonchev–Trinajstić information content (AvgIpc) is 2.74. The molecule has 0 radical (unpaired) electrons. The Kier molecular flexibility index (Phi) is 4.34. The maximum absolute atomic E-state index is 11.8. The number of aromatic nitrogens is 2. The van der Waals surface area contributed by atoms with Crippen LogP contribution in [0.1, 0.15) is 6.23 Å². The van der Waals surface area contributed by atoms with Crippen LogP contribution < -0.4 is 17.0 Å². The van der Waals surface area contributed by atoms with Crippen LogP contribution in [0.3, 0.4) is 0 Å². The van der Waals surface area contributed by atoms with Crippen LogP contribution in [0.15, 0.2) is 21.9 Å². The van der Waals surface area contributed by atoms with Gasteiger partial charge in [0.2, 0.25) is 0 Å². The number of H-pyrrole nitrogens is 1. The van der Waals surface area contributed by atoms with Gasteiger partial charge >= 0.3 is 5.69 Å². The predicted octanol–water partition coefficient (Wildman–Crippen LogP) is -3.96. The third-order valence-corrected chi connectivity index (χ3v) is 3.20. The fourth-order valence-electron chi connectivity index (χ4n) is 2.06. The summed E-state index contributed by atoms with van der Waals surface area (Å²) < 4.78 is 5.98. The van der Waals surface area contributed by atoms with E-state index in [1.165, 1.54) is 0 Å². The first kappa shape index (κ1) is 15.5. The van der Waals surface area contributed by atoms with Gasteiger partial charge < -0.3 is 25.8 Å². The molecule has 21 heavy (non-hydrogen) atoms. The summed E-state index contributed by atoms with van der Waals surface area (Å²) >= 11 is 0. The van der Waals surface area contributed by atoms with Crippen molar-refractivity contribution in [3.8, 4) is 0 Å².